The Hall–Kier alpha value is -4.84. The van der Waals surface area contributed by atoms with Gasteiger partial charge in [-0.2, -0.15) is 13.2 Å². The zero-order valence-corrected chi connectivity index (χ0v) is 24.7. The zero-order valence-electron chi connectivity index (χ0n) is 24.7. The van der Waals surface area contributed by atoms with E-state index in [1.165, 1.54) is 36.4 Å². The van der Waals surface area contributed by atoms with Gasteiger partial charge in [-0.25, -0.2) is 23.5 Å². The summed E-state index contributed by atoms with van der Waals surface area (Å²) < 4.78 is 82.9. The van der Waals surface area contributed by atoms with E-state index < -0.39 is 29.3 Å². The van der Waals surface area contributed by atoms with Gasteiger partial charge in [0.2, 0.25) is 5.88 Å². The lowest BCUT2D eigenvalue weighted by Crippen LogP contribution is -2.27. The van der Waals surface area contributed by atoms with Crippen molar-refractivity contribution < 1.29 is 41.3 Å². The van der Waals surface area contributed by atoms with Crippen molar-refractivity contribution in [3.63, 3.8) is 0 Å². The molecule has 1 N–H and O–H groups in total. The Morgan fingerprint density at radius 3 is 2.46 bits per heavy atom. The van der Waals surface area contributed by atoms with Gasteiger partial charge in [-0.05, 0) is 59.7 Å². The molecule has 0 spiro atoms. The number of aromatic carboxylic acids is 1. The topological polar surface area (TPSA) is 86.5 Å². The number of benzene rings is 3. The van der Waals surface area contributed by atoms with E-state index in [1.807, 2.05) is 18.4 Å². The maximum absolute atomic E-state index is 15.6. The van der Waals surface area contributed by atoms with Crippen LogP contribution in [0.2, 0.25) is 0 Å². The van der Waals surface area contributed by atoms with Crippen LogP contribution in [-0.4, -0.2) is 38.8 Å². The largest absolute Gasteiger partial charge is 0.478 e. The number of aromatic nitrogens is 3. The fourth-order valence-electron chi connectivity index (χ4n) is 5.61. The van der Waals surface area contributed by atoms with Crippen LogP contribution in [-0.2, 0) is 23.9 Å². The molecular weight excluding hydrogens is 609 g/mol. The second-order valence-electron chi connectivity index (χ2n) is 11.9. The van der Waals surface area contributed by atoms with Crippen molar-refractivity contribution in [2.24, 2.45) is 5.41 Å². The Morgan fingerprint density at radius 2 is 1.78 bits per heavy atom. The number of pyridine rings is 1. The summed E-state index contributed by atoms with van der Waals surface area (Å²) in [7, 11) is 0. The molecule has 1 saturated heterocycles. The van der Waals surface area contributed by atoms with Crippen LogP contribution in [0.15, 0.2) is 72.8 Å². The molecule has 1 atom stereocenters. The lowest BCUT2D eigenvalue weighted by molar-refractivity contribution is -0.137. The number of hydrogen-bond donors (Lipinski definition) is 1. The first-order valence-corrected chi connectivity index (χ1v) is 14.4. The molecule has 0 bridgehead atoms. The molecule has 1 aliphatic rings. The number of carboxylic acid groups (broad SMARTS) is 1. The smallest absolute Gasteiger partial charge is 0.416 e. The predicted molar refractivity (Wildman–Crippen MR) is 159 cm³/mol. The molecule has 5 aromatic rings. The number of carboxylic acids is 1. The van der Waals surface area contributed by atoms with Crippen molar-refractivity contribution in [1.29, 1.82) is 0 Å². The van der Waals surface area contributed by atoms with Crippen molar-refractivity contribution in [2.75, 3.05) is 13.2 Å². The SMILES string of the molecule is CC1(C)COC[C@H]1n1c(Cc2cc(F)c(-c3cccc(OCc4ccc(C(F)(F)F)cc4)n3)cc2F)nc2ccc(C(=O)O)cc21. The van der Waals surface area contributed by atoms with Crippen LogP contribution in [0.3, 0.4) is 0 Å². The number of carbonyl (C=O) groups is 1. The van der Waals surface area contributed by atoms with Crippen LogP contribution in [0, 0.1) is 17.0 Å². The van der Waals surface area contributed by atoms with Gasteiger partial charge in [0.25, 0.3) is 0 Å². The lowest BCUT2D eigenvalue weighted by Gasteiger charge is -2.28. The molecule has 0 radical (unpaired) electrons. The van der Waals surface area contributed by atoms with E-state index in [4.69, 9.17) is 9.47 Å². The minimum absolute atomic E-state index is 0.0442. The Labute approximate surface area is 260 Å². The molecule has 0 saturated carbocycles. The molecule has 238 valence electrons. The normalized spacial score (nSPS) is 16.2. The van der Waals surface area contributed by atoms with Gasteiger partial charge in [-0.1, -0.05) is 32.0 Å². The Kier molecular flexibility index (Phi) is 8.01. The zero-order chi connectivity index (χ0) is 32.8. The van der Waals surface area contributed by atoms with Gasteiger partial charge >= 0.3 is 12.1 Å². The predicted octanol–water partition coefficient (Wildman–Crippen LogP) is 7.86. The van der Waals surface area contributed by atoms with Crippen molar-refractivity contribution in [1.82, 2.24) is 14.5 Å². The number of nitrogens with zero attached hydrogens (tertiary/aromatic N) is 3. The van der Waals surface area contributed by atoms with Crippen LogP contribution in [0.1, 0.15) is 52.8 Å². The second-order valence-corrected chi connectivity index (χ2v) is 11.9. The number of ether oxygens (including phenoxy) is 2. The van der Waals surface area contributed by atoms with Crippen LogP contribution in [0.5, 0.6) is 5.88 Å². The molecule has 0 amide bonds. The van der Waals surface area contributed by atoms with Crippen LogP contribution in [0.25, 0.3) is 22.3 Å². The number of halogens is 5. The molecule has 0 aliphatic carbocycles. The maximum atomic E-state index is 15.6. The highest BCUT2D eigenvalue weighted by molar-refractivity contribution is 5.92. The van der Waals surface area contributed by atoms with E-state index >= 15 is 8.78 Å². The Morgan fingerprint density at radius 1 is 1.02 bits per heavy atom. The molecule has 3 aromatic carbocycles. The minimum atomic E-state index is -4.45. The molecule has 1 aliphatic heterocycles. The van der Waals surface area contributed by atoms with Crippen molar-refractivity contribution in [3.8, 4) is 17.1 Å². The average molecular weight is 638 g/mol. The first-order chi connectivity index (χ1) is 21.8. The van der Waals surface area contributed by atoms with E-state index in [-0.39, 0.29) is 52.7 Å². The molecule has 0 unspecified atom stereocenters. The number of imidazole rings is 1. The quantitative estimate of drug-likeness (QED) is 0.174. The summed E-state index contributed by atoms with van der Waals surface area (Å²) in [5.74, 6) is -2.00. The van der Waals surface area contributed by atoms with Gasteiger partial charge in [0, 0.05) is 23.5 Å². The number of fused-ring (bicyclic) bond motifs is 1. The monoisotopic (exact) mass is 637 g/mol. The van der Waals surface area contributed by atoms with Crippen LogP contribution >= 0.6 is 0 Å². The van der Waals surface area contributed by atoms with Crippen LogP contribution in [0.4, 0.5) is 22.0 Å². The highest BCUT2D eigenvalue weighted by Crippen LogP contribution is 2.41. The minimum Gasteiger partial charge on any atom is -0.478 e. The third-order valence-corrected chi connectivity index (χ3v) is 8.13. The summed E-state index contributed by atoms with van der Waals surface area (Å²) >= 11 is 0. The third kappa shape index (κ3) is 6.17. The van der Waals surface area contributed by atoms with Crippen molar-refractivity contribution >= 4 is 17.0 Å². The average Bonchev–Trinajstić information content (AvgIpc) is 3.54. The van der Waals surface area contributed by atoms with Gasteiger partial charge in [-0.15, -0.1) is 0 Å². The van der Waals surface area contributed by atoms with Gasteiger partial charge in [0.1, 0.15) is 24.1 Å². The van der Waals surface area contributed by atoms with Crippen molar-refractivity contribution in [2.45, 2.75) is 39.1 Å². The molecule has 3 heterocycles. The van der Waals surface area contributed by atoms with E-state index in [0.717, 1.165) is 24.3 Å². The molecule has 46 heavy (non-hydrogen) atoms. The molecule has 7 nitrogen and oxygen atoms in total. The van der Waals surface area contributed by atoms with E-state index in [1.54, 1.807) is 12.1 Å². The lowest BCUT2D eigenvalue weighted by atomic mass is 9.87. The van der Waals surface area contributed by atoms with Crippen LogP contribution < -0.4 is 4.74 Å². The van der Waals surface area contributed by atoms with Crippen molar-refractivity contribution in [3.05, 3.63) is 113 Å². The van der Waals surface area contributed by atoms with E-state index in [2.05, 4.69) is 9.97 Å². The molecule has 6 rings (SSSR count). The summed E-state index contributed by atoms with van der Waals surface area (Å²) in [6, 6.07) is 15.5. The molecule has 12 heteroatoms. The molecule has 2 aromatic heterocycles. The van der Waals surface area contributed by atoms with Gasteiger partial charge < -0.3 is 19.1 Å². The highest BCUT2D eigenvalue weighted by Gasteiger charge is 2.39. The highest BCUT2D eigenvalue weighted by atomic mass is 19.4. The second kappa shape index (κ2) is 11.8. The summed E-state index contributed by atoms with van der Waals surface area (Å²) in [5.41, 5.74) is 0.570. The fraction of sp³-hybridized carbons (Fsp3) is 0.265. The maximum Gasteiger partial charge on any atom is 0.416 e. The first-order valence-electron chi connectivity index (χ1n) is 14.4. The standard InChI is InChI=1S/C34H28F5N3O4/c1-33(2)18-45-17-29(33)42-28-13-20(32(43)44)8-11-27(28)40-30(42)14-21-12-25(36)23(15-24(21)35)26-4-3-5-31(41-26)46-16-19-6-9-22(10-7-19)34(37,38)39/h3-13,15,29H,14,16-18H2,1-2H3,(H,43,44)/t29-/m1/s1. The van der Waals surface area contributed by atoms with E-state index in [0.29, 0.717) is 35.6 Å². The first kappa shape index (κ1) is 31.2. The van der Waals surface area contributed by atoms with Gasteiger partial charge in [0.05, 0.1) is 47.1 Å². The Balaban J connectivity index is 1.27. The summed E-state index contributed by atoms with van der Waals surface area (Å²) in [4.78, 5) is 20.7. The summed E-state index contributed by atoms with van der Waals surface area (Å²) in [6.45, 7) is 4.77. The van der Waals surface area contributed by atoms with Gasteiger partial charge in [0.15, 0.2) is 0 Å². The fourth-order valence-corrected chi connectivity index (χ4v) is 5.61. The summed E-state index contributed by atoms with van der Waals surface area (Å²) in [6.07, 6.45) is -4.52. The number of rotatable bonds is 8. The summed E-state index contributed by atoms with van der Waals surface area (Å²) in [5, 5.41) is 9.57. The van der Waals surface area contributed by atoms with Gasteiger partial charge in [-0.3, -0.25) is 0 Å². The third-order valence-electron chi connectivity index (χ3n) is 8.13. The number of alkyl halides is 3. The number of hydrogen-bond acceptors (Lipinski definition) is 5. The molecular formula is C34H28F5N3O4. The molecule has 1 fully saturated rings. The Bertz CT molecular complexity index is 1940. The van der Waals surface area contributed by atoms with E-state index in [9.17, 15) is 23.1 Å².